The standard InChI is InChI=1S/C28H32.C7H16.C3H6/c1-7-8-9-15-26(21(2)3)23(5)20-24(6)27-16-10-11-17-28(27)25-14-12-13-22(4)18-19-25;1-3-5-7-6-4-2;1-3-2/h9-11,13-15,17-20,27H,6,12,16H2,1-5H3;3-7H2,1-2H3;3H,1H2,2H3/b15-9-,23-20-;;. The molecule has 2 aliphatic carbocycles. The van der Waals surface area contributed by atoms with Gasteiger partial charge in [-0.3, -0.25) is 0 Å². The van der Waals surface area contributed by atoms with Crippen LogP contribution in [-0.4, -0.2) is 0 Å². The molecule has 0 N–H and O–H groups in total. The second-order valence-electron chi connectivity index (χ2n) is 10.0. The average molecular weight is 511 g/mol. The van der Waals surface area contributed by atoms with Crippen LogP contribution in [0.1, 0.15) is 100 Å². The van der Waals surface area contributed by atoms with Crippen molar-refractivity contribution >= 4 is 0 Å². The van der Waals surface area contributed by atoms with Gasteiger partial charge in [0.2, 0.25) is 0 Å². The van der Waals surface area contributed by atoms with Gasteiger partial charge in [0.1, 0.15) is 0 Å². The molecule has 2 aliphatic rings. The molecule has 0 aliphatic heterocycles. The summed E-state index contributed by atoms with van der Waals surface area (Å²) in [4.78, 5) is 0. The van der Waals surface area contributed by atoms with Gasteiger partial charge in [-0.25, -0.2) is 0 Å². The Morgan fingerprint density at radius 3 is 2.29 bits per heavy atom. The first-order chi connectivity index (χ1) is 18.3. The van der Waals surface area contributed by atoms with Crippen LogP contribution in [0.3, 0.4) is 0 Å². The van der Waals surface area contributed by atoms with Crippen molar-refractivity contribution in [1.29, 1.82) is 0 Å². The maximum atomic E-state index is 4.45. The molecule has 0 saturated heterocycles. The van der Waals surface area contributed by atoms with Crippen LogP contribution < -0.4 is 0 Å². The van der Waals surface area contributed by atoms with Crippen molar-refractivity contribution in [2.75, 3.05) is 0 Å². The molecule has 1 unspecified atom stereocenters. The SMILES string of the molecule is C=C(/C=C(/C)C(/C=C\C#CC)=C(C)C)C1CC=CC=C1C1=CCC=C(C)C=C1.C=CC.CCCCCCC. The Hall–Kier alpha value is -3.04. The molecule has 206 valence electrons. The average Bonchev–Trinajstić information content (AvgIpc) is 3.11. The predicted molar refractivity (Wildman–Crippen MR) is 175 cm³/mol. The zero-order chi connectivity index (χ0) is 28.8. The Kier molecular flexibility index (Phi) is 20.2. The fraction of sp³-hybridized carbons (Fsp3) is 0.421. The molecule has 0 aromatic rings. The van der Waals surface area contributed by atoms with Crippen molar-refractivity contribution in [2.45, 2.75) is 100 Å². The minimum absolute atomic E-state index is 0.312. The Bertz CT molecular complexity index is 1030. The van der Waals surface area contributed by atoms with E-state index >= 15 is 0 Å². The Morgan fingerprint density at radius 2 is 1.71 bits per heavy atom. The molecule has 0 radical (unpaired) electrons. The van der Waals surface area contributed by atoms with E-state index in [4.69, 9.17) is 0 Å². The van der Waals surface area contributed by atoms with Crippen LogP contribution in [0.25, 0.3) is 0 Å². The third-order valence-corrected chi connectivity index (χ3v) is 6.29. The normalized spacial score (nSPS) is 16.3. The van der Waals surface area contributed by atoms with E-state index in [1.807, 2.05) is 19.9 Å². The quantitative estimate of drug-likeness (QED) is 0.125. The molecule has 1 atom stereocenters. The van der Waals surface area contributed by atoms with Gasteiger partial charge in [-0.1, -0.05) is 124 Å². The van der Waals surface area contributed by atoms with Crippen molar-refractivity contribution in [3.05, 3.63) is 119 Å². The highest BCUT2D eigenvalue weighted by Crippen LogP contribution is 2.35. The van der Waals surface area contributed by atoms with Gasteiger partial charge in [-0.05, 0) is 94.4 Å². The minimum atomic E-state index is 0.312. The highest BCUT2D eigenvalue weighted by Gasteiger charge is 2.20. The third-order valence-electron chi connectivity index (χ3n) is 6.29. The second-order valence-corrected chi connectivity index (χ2v) is 10.0. The summed E-state index contributed by atoms with van der Waals surface area (Å²) in [5, 5.41) is 0. The molecule has 0 aromatic carbocycles. The monoisotopic (exact) mass is 510 g/mol. The largest absolute Gasteiger partial charge is 0.103 e. The van der Waals surface area contributed by atoms with E-state index in [2.05, 4.69) is 121 Å². The first-order valence-corrected chi connectivity index (χ1v) is 14.4. The summed E-state index contributed by atoms with van der Waals surface area (Å²) in [6, 6.07) is 0. The topological polar surface area (TPSA) is 0 Å². The molecule has 2 rings (SSSR count). The fourth-order valence-electron chi connectivity index (χ4n) is 4.26. The molecule has 0 aromatic heterocycles. The molecule has 0 fully saturated rings. The summed E-state index contributed by atoms with van der Waals surface area (Å²) in [5.74, 6) is 6.24. The summed E-state index contributed by atoms with van der Waals surface area (Å²) >= 11 is 0. The Balaban J connectivity index is 0.00000117. The first-order valence-electron chi connectivity index (χ1n) is 14.4. The number of allylic oxidation sites excluding steroid dienone is 18. The van der Waals surface area contributed by atoms with Gasteiger partial charge in [0.15, 0.2) is 0 Å². The molecule has 0 heterocycles. The van der Waals surface area contributed by atoms with Crippen molar-refractivity contribution in [3.8, 4) is 11.8 Å². The van der Waals surface area contributed by atoms with E-state index in [-0.39, 0.29) is 0 Å². The van der Waals surface area contributed by atoms with Crippen molar-refractivity contribution in [2.24, 2.45) is 5.92 Å². The lowest BCUT2D eigenvalue weighted by Gasteiger charge is -2.24. The third kappa shape index (κ3) is 14.6. The number of hydrogen-bond donors (Lipinski definition) is 0. The highest BCUT2D eigenvalue weighted by molar-refractivity contribution is 5.53. The van der Waals surface area contributed by atoms with Gasteiger partial charge in [0.05, 0.1) is 0 Å². The van der Waals surface area contributed by atoms with E-state index in [1.165, 1.54) is 65.5 Å². The minimum Gasteiger partial charge on any atom is -0.103 e. The van der Waals surface area contributed by atoms with Crippen molar-refractivity contribution < 1.29 is 0 Å². The van der Waals surface area contributed by atoms with Crippen LogP contribution in [-0.2, 0) is 0 Å². The molecule has 38 heavy (non-hydrogen) atoms. The molecule has 0 bridgehead atoms. The van der Waals surface area contributed by atoms with Crippen LogP contribution in [0.15, 0.2) is 119 Å². The zero-order valence-electron chi connectivity index (χ0n) is 25.8. The maximum Gasteiger partial charge on any atom is 0.0124 e. The van der Waals surface area contributed by atoms with E-state index in [0.29, 0.717) is 5.92 Å². The fourth-order valence-corrected chi connectivity index (χ4v) is 4.26. The van der Waals surface area contributed by atoms with E-state index in [1.54, 1.807) is 6.08 Å². The van der Waals surface area contributed by atoms with E-state index < -0.39 is 0 Å². The molecule has 0 amide bonds. The van der Waals surface area contributed by atoms with Crippen molar-refractivity contribution in [1.82, 2.24) is 0 Å². The summed E-state index contributed by atoms with van der Waals surface area (Å²) in [6.45, 7) is 24.7. The zero-order valence-corrected chi connectivity index (χ0v) is 25.8. The maximum absolute atomic E-state index is 4.45. The van der Waals surface area contributed by atoms with Crippen LogP contribution >= 0.6 is 0 Å². The molecule has 0 spiro atoms. The van der Waals surface area contributed by atoms with Gasteiger partial charge in [0.25, 0.3) is 0 Å². The summed E-state index contributed by atoms with van der Waals surface area (Å²) in [6.07, 6.45) is 32.7. The number of hydrogen-bond acceptors (Lipinski definition) is 0. The molecular weight excluding hydrogens is 456 g/mol. The van der Waals surface area contributed by atoms with Crippen LogP contribution in [0.5, 0.6) is 0 Å². The van der Waals surface area contributed by atoms with Gasteiger partial charge in [0, 0.05) is 5.92 Å². The Morgan fingerprint density at radius 1 is 1.05 bits per heavy atom. The second kappa shape index (κ2) is 22.0. The summed E-state index contributed by atoms with van der Waals surface area (Å²) in [5.41, 5.74) is 8.90. The van der Waals surface area contributed by atoms with Gasteiger partial charge in [-0.15, -0.1) is 12.5 Å². The summed E-state index contributed by atoms with van der Waals surface area (Å²) < 4.78 is 0. The lowest BCUT2D eigenvalue weighted by molar-refractivity contribution is 0.656. The van der Waals surface area contributed by atoms with Crippen LogP contribution in [0.2, 0.25) is 0 Å². The van der Waals surface area contributed by atoms with Crippen molar-refractivity contribution in [3.63, 3.8) is 0 Å². The van der Waals surface area contributed by atoms with Gasteiger partial charge < -0.3 is 0 Å². The molecular formula is C38H54. The van der Waals surface area contributed by atoms with Crippen LogP contribution in [0, 0.1) is 17.8 Å². The molecule has 0 saturated carbocycles. The first kappa shape index (κ1) is 35.0. The number of unbranched alkanes of at least 4 members (excludes halogenated alkanes) is 4. The lowest BCUT2D eigenvalue weighted by atomic mass is 9.80. The molecule has 0 nitrogen and oxygen atoms in total. The van der Waals surface area contributed by atoms with Crippen LogP contribution in [0.4, 0.5) is 0 Å². The lowest BCUT2D eigenvalue weighted by Crippen LogP contribution is -2.09. The van der Waals surface area contributed by atoms with Gasteiger partial charge in [-0.2, -0.15) is 0 Å². The summed E-state index contributed by atoms with van der Waals surface area (Å²) in [7, 11) is 0. The predicted octanol–water partition coefficient (Wildman–Crippen LogP) is 11.9. The van der Waals surface area contributed by atoms with E-state index in [0.717, 1.165) is 18.4 Å². The van der Waals surface area contributed by atoms with E-state index in [9.17, 15) is 0 Å². The number of rotatable bonds is 9. The van der Waals surface area contributed by atoms with Gasteiger partial charge >= 0.3 is 0 Å². The highest BCUT2D eigenvalue weighted by atomic mass is 14.2. The Labute approximate surface area is 236 Å². The smallest absolute Gasteiger partial charge is 0.0124 e. The molecule has 0 heteroatoms.